The molecule has 0 radical (unpaired) electrons. The van der Waals surface area contributed by atoms with Crippen LogP contribution in [0.1, 0.15) is 40.5 Å². The number of amides is 5. The fourth-order valence-electron chi connectivity index (χ4n) is 3.89. The summed E-state index contributed by atoms with van der Waals surface area (Å²) in [6.45, 7) is 1.46. The molecule has 2 atom stereocenters. The number of rotatable bonds is 2. The summed E-state index contributed by atoms with van der Waals surface area (Å²) in [5.41, 5.74) is 0.453. The van der Waals surface area contributed by atoms with E-state index in [9.17, 15) is 24.0 Å². The van der Waals surface area contributed by atoms with E-state index in [1.165, 1.54) is 24.1 Å². The molecule has 27 heavy (non-hydrogen) atoms. The SMILES string of the molecule is CC(=O)[C@@H]1CCCN2C(=O)NCC(N3C(=O)c4ccccc4C3=O)C(=O)N12. The van der Waals surface area contributed by atoms with Gasteiger partial charge in [0.2, 0.25) is 0 Å². The van der Waals surface area contributed by atoms with Gasteiger partial charge in [-0.05, 0) is 31.9 Å². The van der Waals surface area contributed by atoms with Gasteiger partial charge in [0.25, 0.3) is 17.7 Å². The molecule has 0 bridgehead atoms. The van der Waals surface area contributed by atoms with Crippen LogP contribution >= 0.6 is 0 Å². The van der Waals surface area contributed by atoms with Crippen LogP contribution in [0.4, 0.5) is 4.79 Å². The Morgan fingerprint density at radius 1 is 1.07 bits per heavy atom. The van der Waals surface area contributed by atoms with Crippen LogP contribution < -0.4 is 5.32 Å². The van der Waals surface area contributed by atoms with Gasteiger partial charge >= 0.3 is 6.03 Å². The highest BCUT2D eigenvalue weighted by molar-refractivity contribution is 6.23. The highest BCUT2D eigenvalue weighted by Crippen LogP contribution is 2.28. The molecule has 2 saturated heterocycles. The van der Waals surface area contributed by atoms with Crippen molar-refractivity contribution < 1.29 is 24.0 Å². The molecule has 1 N–H and O–H groups in total. The lowest BCUT2D eigenvalue weighted by molar-refractivity contribution is -0.160. The van der Waals surface area contributed by atoms with Crippen LogP contribution in [-0.4, -0.2) is 69.6 Å². The molecule has 3 aliphatic rings. The van der Waals surface area contributed by atoms with Gasteiger partial charge in [-0.15, -0.1) is 0 Å². The molecular weight excluding hydrogens is 352 g/mol. The summed E-state index contributed by atoms with van der Waals surface area (Å²) < 4.78 is 0. The van der Waals surface area contributed by atoms with Gasteiger partial charge in [0.15, 0.2) is 5.78 Å². The average molecular weight is 370 g/mol. The minimum absolute atomic E-state index is 0.194. The number of carbonyl (C=O) groups is 5. The first-order valence-corrected chi connectivity index (χ1v) is 8.77. The van der Waals surface area contributed by atoms with Gasteiger partial charge in [-0.1, -0.05) is 12.1 Å². The minimum atomic E-state index is -1.20. The molecule has 0 aliphatic carbocycles. The second kappa shape index (κ2) is 6.19. The Morgan fingerprint density at radius 2 is 1.70 bits per heavy atom. The molecule has 5 amide bonds. The zero-order valence-electron chi connectivity index (χ0n) is 14.7. The molecule has 9 nitrogen and oxygen atoms in total. The molecular formula is C18H18N4O5. The summed E-state index contributed by atoms with van der Waals surface area (Å²) in [6, 6.07) is 3.83. The third-order valence-corrected chi connectivity index (χ3v) is 5.20. The normalized spacial score (nSPS) is 25.1. The largest absolute Gasteiger partial charge is 0.336 e. The standard InChI is InChI=1S/C18H18N4O5/c1-10(23)13-7-4-8-20-18(27)19-9-14(17(26)22(13)20)21-15(24)11-5-2-3-6-12(11)16(21)25/h2-3,5-6,13-14H,4,7-9H2,1H3,(H,19,27)/t13-,14?/m0/s1. The number of carbonyl (C=O) groups excluding carboxylic acids is 5. The molecule has 1 unspecified atom stereocenters. The predicted molar refractivity (Wildman–Crippen MR) is 91.4 cm³/mol. The Labute approximate surface area is 154 Å². The number of Topliss-reactive ketones (excluding diaryl/α,β-unsaturated/α-hetero) is 1. The number of urea groups is 1. The number of nitrogens with one attached hydrogen (secondary N) is 1. The molecule has 9 heteroatoms. The first-order chi connectivity index (χ1) is 12.9. The van der Waals surface area contributed by atoms with E-state index in [2.05, 4.69) is 5.32 Å². The number of fused-ring (bicyclic) bond motifs is 2. The van der Waals surface area contributed by atoms with Crippen molar-refractivity contribution in [2.45, 2.75) is 31.8 Å². The van der Waals surface area contributed by atoms with E-state index in [0.29, 0.717) is 12.8 Å². The molecule has 140 valence electrons. The van der Waals surface area contributed by atoms with E-state index >= 15 is 0 Å². The third-order valence-electron chi connectivity index (χ3n) is 5.20. The lowest BCUT2D eigenvalue weighted by Crippen LogP contribution is -2.62. The molecule has 1 aromatic carbocycles. The highest BCUT2D eigenvalue weighted by Gasteiger charge is 2.49. The monoisotopic (exact) mass is 370 g/mol. The summed E-state index contributed by atoms with van der Waals surface area (Å²) >= 11 is 0. The average Bonchev–Trinajstić information content (AvgIpc) is 2.84. The lowest BCUT2D eigenvalue weighted by atomic mass is 10.0. The van der Waals surface area contributed by atoms with E-state index in [1.54, 1.807) is 12.1 Å². The van der Waals surface area contributed by atoms with Crippen molar-refractivity contribution in [1.82, 2.24) is 20.2 Å². The van der Waals surface area contributed by atoms with E-state index in [-0.39, 0.29) is 30.0 Å². The van der Waals surface area contributed by atoms with Crippen molar-refractivity contribution in [2.75, 3.05) is 13.1 Å². The maximum absolute atomic E-state index is 13.3. The maximum Gasteiger partial charge on any atom is 0.336 e. The number of hydrazine groups is 1. The second-order valence-electron chi connectivity index (χ2n) is 6.80. The Morgan fingerprint density at radius 3 is 2.30 bits per heavy atom. The van der Waals surface area contributed by atoms with Crippen LogP contribution in [0, 0.1) is 0 Å². The van der Waals surface area contributed by atoms with Gasteiger partial charge < -0.3 is 5.32 Å². The van der Waals surface area contributed by atoms with Gasteiger partial charge in [-0.25, -0.2) is 14.8 Å². The molecule has 0 spiro atoms. The number of benzene rings is 1. The van der Waals surface area contributed by atoms with Crippen molar-refractivity contribution in [3.63, 3.8) is 0 Å². The topological polar surface area (TPSA) is 107 Å². The molecule has 3 heterocycles. The van der Waals surface area contributed by atoms with Crippen molar-refractivity contribution in [3.8, 4) is 0 Å². The first-order valence-electron chi connectivity index (χ1n) is 8.77. The predicted octanol–water partition coefficient (Wildman–Crippen LogP) is 0.171. The van der Waals surface area contributed by atoms with Gasteiger partial charge in [0.05, 0.1) is 11.1 Å². The Bertz CT molecular complexity index is 847. The van der Waals surface area contributed by atoms with Crippen LogP contribution in [0.2, 0.25) is 0 Å². The van der Waals surface area contributed by atoms with E-state index in [1.807, 2.05) is 0 Å². The molecule has 2 fully saturated rings. The van der Waals surface area contributed by atoms with Crippen molar-refractivity contribution in [2.24, 2.45) is 0 Å². The minimum Gasteiger partial charge on any atom is -0.334 e. The third kappa shape index (κ3) is 2.49. The van der Waals surface area contributed by atoms with E-state index in [0.717, 1.165) is 9.91 Å². The van der Waals surface area contributed by atoms with Crippen molar-refractivity contribution in [3.05, 3.63) is 35.4 Å². The summed E-state index contributed by atoms with van der Waals surface area (Å²) in [4.78, 5) is 64.2. The summed E-state index contributed by atoms with van der Waals surface area (Å²) in [7, 11) is 0. The molecule has 0 saturated carbocycles. The molecule has 1 aromatic rings. The fraction of sp³-hybridized carbons (Fsp3) is 0.389. The van der Waals surface area contributed by atoms with Crippen LogP contribution in [-0.2, 0) is 9.59 Å². The number of nitrogens with zero attached hydrogens (tertiary/aromatic N) is 3. The molecule has 4 rings (SSSR count). The number of imide groups is 1. The fourth-order valence-corrected chi connectivity index (χ4v) is 3.89. The summed E-state index contributed by atoms with van der Waals surface area (Å²) in [6.07, 6.45) is 1.01. The Balaban J connectivity index is 1.73. The maximum atomic E-state index is 13.3. The van der Waals surface area contributed by atoms with Crippen molar-refractivity contribution in [1.29, 1.82) is 0 Å². The Kier molecular flexibility index (Phi) is 3.94. The number of hydrogen-bond acceptors (Lipinski definition) is 5. The van der Waals surface area contributed by atoms with Gasteiger partial charge in [0.1, 0.15) is 12.1 Å². The zero-order valence-corrected chi connectivity index (χ0v) is 14.7. The first kappa shape index (κ1) is 17.2. The summed E-state index contributed by atoms with van der Waals surface area (Å²) in [5.74, 6) is -2.01. The van der Waals surface area contributed by atoms with Gasteiger partial charge in [-0.3, -0.25) is 24.1 Å². The highest BCUT2D eigenvalue weighted by atomic mass is 16.2. The van der Waals surface area contributed by atoms with Crippen LogP contribution in [0.5, 0.6) is 0 Å². The van der Waals surface area contributed by atoms with Crippen LogP contribution in [0.3, 0.4) is 0 Å². The quantitative estimate of drug-likeness (QED) is 0.747. The van der Waals surface area contributed by atoms with E-state index < -0.39 is 35.8 Å². The van der Waals surface area contributed by atoms with Gasteiger partial charge in [-0.2, -0.15) is 0 Å². The van der Waals surface area contributed by atoms with Crippen LogP contribution in [0.25, 0.3) is 0 Å². The number of ketones is 1. The lowest BCUT2D eigenvalue weighted by Gasteiger charge is -2.42. The zero-order chi connectivity index (χ0) is 19.3. The van der Waals surface area contributed by atoms with Gasteiger partial charge in [0, 0.05) is 13.1 Å². The van der Waals surface area contributed by atoms with Crippen molar-refractivity contribution >= 4 is 29.5 Å². The Hall–Kier alpha value is -3.23. The number of hydrogen-bond donors (Lipinski definition) is 1. The second-order valence-corrected chi connectivity index (χ2v) is 6.80. The van der Waals surface area contributed by atoms with E-state index in [4.69, 9.17) is 0 Å². The smallest absolute Gasteiger partial charge is 0.334 e. The molecule has 3 aliphatic heterocycles. The van der Waals surface area contributed by atoms with Crippen LogP contribution in [0.15, 0.2) is 24.3 Å². The summed E-state index contributed by atoms with van der Waals surface area (Å²) in [5, 5.41) is 4.93. The molecule has 0 aromatic heterocycles.